The first kappa shape index (κ1) is 8.47. The maximum atomic E-state index is 11.1. The molecule has 2 nitrogen and oxygen atoms in total. The molecule has 0 heterocycles. The van der Waals surface area contributed by atoms with Crippen molar-refractivity contribution in [2.24, 2.45) is 0 Å². The molecule has 0 aromatic rings. The summed E-state index contributed by atoms with van der Waals surface area (Å²) >= 11 is 0. The molecule has 1 N–H and O–H groups in total. The summed E-state index contributed by atoms with van der Waals surface area (Å²) in [5.74, 6) is 0.0839. The Balaban J connectivity index is 2.77. The van der Waals surface area contributed by atoms with Crippen molar-refractivity contribution in [2.45, 2.75) is 38.7 Å². The number of Topliss-reactive ketones (excluding diaryl/α,β-unsaturated/α-hetero) is 1. The lowest BCUT2D eigenvalue weighted by Gasteiger charge is -2.28. The summed E-state index contributed by atoms with van der Waals surface area (Å²) in [7, 11) is 0. The molecular formula is C9H14O2. The van der Waals surface area contributed by atoms with Crippen LogP contribution in [0.2, 0.25) is 0 Å². The Labute approximate surface area is 66.9 Å². The van der Waals surface area contributed by atoms with Gasteiger partial charge in [-0.15, -0.1) is 0 Å². The Hall–Kier alpha value is -0.630. The van der Waals surface area contributed by atoms with Crippen molar-refractivity contribution in [3.63, 3.8) is 0 Å². The molecule has 1 aliphatic rings. The van der Waals surface area contributed by atoms with Crippen molar-refractivity contribution in [3.05, 3.63) is 11.6 Å². The molecule has 0 saturated heterocycles. The molecule has 0 fully saturated rings. The van der Waals surface area contributed by atoms with Crippen LogP contribution in [0.25, 0.3) is 0 Å². The van der Waals surface area contributed by atoms with Crippen molar-refractivity contribution in [1.82, 2.24) is 0 Å². The Morgan fingerprint density at radius 3 is 2.82 bits per heavy atom. The fourth-order valence-corrected chi connectivity index (χ4v) is 1.24. The molecule has 0 amide bonds. The summed E-state index contributed by atoms with van der Waals surface area (Å²) in [6.45, 7) is 3.71. The van der Waals surface area contributed by atoms with Gasteiger partial charge in [0, 0.05) is 6.42 Å². The average Bonchev–Trinajstić information content (AvgIpc) is 1.98. The first-order valence-electron chi connectivity index (χ1n) is 4.00. The zero-order valence-electron chi connectivity index (χ0n) is 7.05. The molecule has 1 unspecified atom stereocenters. The Kier molecular flexibility index (Phi) is 2.14. The summed E-state index contributed by atoms with van der Waals surface area (Å²) in [5, 5.41) is 9.70. The predicted molar refractivity (Wildman–Crippen MR) is 43.2 cm³/mol. The van der Waals surface area contributed by atoms with Gasteiger partial charge in [-0.25, -0.2) is 0 Å². The van der Waals surface area contributed by atoms with Crippen molar-refractivity contribution in [1.29, 1.82) is 0 Å². The van der Waals surface area contributed by atoms with E-state index in [1.165, 1.54) is 0 Å². The summed E-state index contributed by atoms with van der Waals surface area (Å²) < 4.78 is 0. The number of hydrogen-bond donors (Lipinski definition) is 1. The molecule has 0 aliphatic heterocycles. The lowest BCUT2D eigenvalue weighted by atomic mass is 9.83. The van der Waals surface area contributed by atoms with Gasteiger partial charge >= 0.3 is 0 Å². The van der Waals surface area contributed by atoms with E-state index in [1.54, 1.807) is 6.92 Å². The highest BCUT2D eigenvalue weighted by atomic mass is 16.3. The molecule has 1 rings (SSSR count). The van der Waals surface area contributed by atoms with E-state index < -0.39 is 5.60 Å². The van der Waals surface area contributed by atoms with Crippen LogP contribution >= 0.6 is 0 Å². The van der Waals surface area contributed by atoms with Crippen molar-refractivity contribution < 1.29 is 9.90 Å². The van der Waals surface area contributed by atoms with Crippen LogP contribution in [-0.4, -0.2) is 16.5 Å². The molecule has 11 heavy (non-hydrogen) atoms. The standard InChI is InChI=1S/C9H14O2/c1-3-9(11)5-4-7(2)8(10)6-9/h4,11H,3,5-6H2,1-2H3. The number of carbonyl (C=O) groups excluding carboxylic acids is 1. The van der Waals surface area contributed by atoms with Crippen LogP contribution in [0.15, 0.2) is 11.6 Å². The highest BCUT2D eigenvalue weighted by molar-refractivity contribution is 5.96. The third-order valence-electron chi connectivity index (χ3n) is 2.38. The van der Waals surface area contributed by atoms with E-state index in [0.29, 0.717) is 19.3 Å². The summed E-state index contributed by atoms with van der Waals surface area (Å²) in [6, 6.07) is 0. The smallest absolute Gasteiger partial charge is 0.161 e. The van der Waals surface area contributed by atoms with Gasteiger partial charge in [0.2, 0.25) is 0 Å². The topological polar surface area (TPSA) is 37.3 Å². The summed E-state index contributed by atoms with van der Waals surface area (Å²) in [4.78, 5) is 11.1. The van der Waals surface area contributed by atoms with Gasteiger partial charge in [-0.3, -0.25) is 4.79 Å². The zero-order valence-corrected chi connectivity index (χ0v) is 7.05. The van der Waals surface area contributed by atoms with Gasteiger partial charge in [-0.2, -0.15) is 0 Å². The van der Waals surface area contributed by atoms with Crippen LogP contribution in [0, 0.1) is 0 Å². The average molecular weight is 154 g/mol. The molecule has 0 bridgehead atoms. The minimum atomic E-state index is -0.753. The first-order chi connectivity index (χ1) is 5.07. The van der Waals surface area contributed by atoms with Crippen LogP contribution in [0.3, 0.4) is 0 Å². The van der Waals surface area contributed by atoms with Gasteiger partial charge < -0.3 is 5.11 Å². The van der Waals surface area contributed by atoms with Crippen molar-refractivity contribution in [3.8, 4) is 0 Å². The normalized spacial score (nSPS) is 31.9. The van der Waals surface area contributed by atoms with E-state index in [4.69, 9.17) is 0 Å². The molecule has 0 aromatic heterocycles. The minimum Gasteiger partial charge on any atom is -0.389 e. The summed E-state index contributed by atoms with van der Waals surface area (Å²) in [5.41, 5.74) is 0.0412. The van der Waals surface area contributed by atoms with Gasteiger partial charge in [-0.1, -0.05) is 13.0 Å². The minimum absolute atomic E-state index is 0.0839. The van der Waals surface area contributed by atoms with E-state index in [2.05, 4.69) is 0 Å². The lowest BCUT2D eigenvalue weighted by molar-refractivity contribution is -0.121. The second-order valence-electron chi connectivity index (χ2n) is 3.27. The van der Waals surface area contributed by atoms with E-state index in [9.17, 15) is 9.90 Å². The summed E-state index contributed by atoms with van der Waals surface area (Å²) in [6.07, 6.45) is 3.41. The maximum Gasteiger partial charge on any atom is 0.161 e. The largest absolute Gasteiger partial charge is 0.389 e. The lowest BCUT2D eigenvalue weighted by Crippen LogP contribution is -2.33. The van der Waals surface area contributed by atoms with Gasteiger partial charge in [0.25, 0.3) is 0 Å². The van der Waals surface area contributed by atoms with Gasteiger partial charge in [-0.05, 0) is 25.3 Å². The Bertz CT molecular complexity index is 206. The van der Waals surface area contributed by atoms with Crippen LogP contribution in [0.4, 0.5) is 0 Å². The molecule has 1 atom stereocenters. The fourth-order valence-electron chi connectivity index (χ4n) is 1.24. The molecule has 2 heteroatoms. The van der Waals surface area contributed by atoms with Gasteiger partial charge in [0.05, 0.1) is 5.60 Å². The highest BCUT2D eigenvalue weighted by Crippen LogP contribution is 2.27. The number of rotatable bonds is 1. The van der Waals surface area contributed by atoms with Crippen LogP contribution < -0.4 is 0 Å². The van der Waals surface area contributed by atoms with Crippen LogP contribution in [0.1, 0.15) is 33.1 Å². The predicted octanol–water partition coefficient (Wildman–Crippen LogP) is 1.44. The van der Waals surface area contributed by atoms with E-state index in [0.717, 1.165) is 5.57 Å². The van der Waals surface area contributed by atoms with E-state index >= 15 is 0 Å². The Morgan fingerprint density at radius 1 is 1.73 bits per heavy atom. The van der Waals surface area contributed by atoms with Gasteiger partial charge in [0.1, 0.15) is 0 Å². The number of carbonyl (C=O) groups is 1. The molecule has 62 valence electrons. The third kappa shape index (κ3) is 1.69. The van der Waals surface area contributed by atoms with Gasteiger partial charge in [0.15, 0.2) is 5.78 Å². The number of allylic oxidation sites excluding steroid dienone is 1. The van der Waals surface area contributed by atoms with E-state index in [1.807, 2.05) is 13.0 Å². The molecular weight excluding hydrogens is 140 g/mol. The zero-order chi connectivity index (χ0) is 8.48. The van der Waals surface area contributed by atoms with Crippen LogP contribution in [-0.2, 0) is 4.79 Å². The number of ketones is 1. The number of hydrogen-bond acceptors (Lipinski definition) is 2. The molecule has 0 spiro atoms. The third-order valence-corrected chi connectivity index (χ3v) is 2.38. The van der Waals surface area contributed by atoms with E-state index in [-0.39, 0.29) is 5.78 Å². The molecule has 0 aromatic carbocycles. The molecule has 0 saturated carbocycles. The SMILES string of the molecule is CCC1(O)CC=C(C)C(=O)C1. The maximum absolute atomic E-state index is 11.1. The number of aliphatic hydroxyl groups is 1. The van der Waals surface area contributed by atoms with Crippen LogP contribution in [0.5, 0.6) is 0 Å². The quantitative estimate of drug-likeness (QED) is 0.620. The monoisotopic (exact) mass is 154 g/mol. The molecule has 0 radical (unpaired) electrons. The fraction of sp³-hybridized carbons (Fsp3) is 0.667. The van der Waals surface area contributed by atoms with Crippen molar-refractivity contribution >= 4 is 5.78 Å². The Morgan fingerprint density at radius 2 is 2.36 bits per heavy atom. The second-order valence-corrected chi connectivity index (χ2v) is 3.27. The van der Waals surface area contributed by atoms with Crippen molar-refractivity contribution in [2.75, 3.05) is 0 Å². The first-order valence-corrected chi connectivity index (χ1v) is 4.00. The second kappa shape index (κ2) is 2.78. The highest BCUT2D eigenvalue weighted by Gasteiger charge is 2.30. The molecule has 1 aliphatic carbocycles.